The normalized spacial score (nSPS) is 19.0. The fraction of sp³-hybridized carbons (Fsp3) is 0.643. The SMILES string of the molecule is CNC(=O)c1sc(N2CCCC(C)(C)CC2)cc1N. The first-order chi connectivity index (χ1) is 8.93. The molecular formula is C14H23N3OS. The number of hydrogen-bond donors (Lipinski definition) is 2. The fourth-order valence-electron chi connectivity index (χ4n) is 2.48. The van der Waals surface area contributed by atoms with Crippen molar-refractivity contribution in [3.05, 3.63) is 10.9 Å². The van der Waals surface area contributed by atoms with Gasteiger partial charge in [0.2, 0.25) is 0 Å². The van der Waals surface area contributed by atoms with Crippen LogP contribution < -0.4 is 16.0 Å². The predicted molar refractivity (Wildman–Crippen MR) is 82.0 cm³/mol. The Balaban J connectivity index is 2.16. The molecule has 0 atom stereocenters. The van der Waals surface area contributed by atoms with E-state index in [2.05, 4.69) is 24.1 Å². The number of nitrogens with one attached hydrogen (secondary N) is 1. The minimum absolute atomic E-state index is 0.0936. The molecule has 1 aromatic heterocycles. The summed E-state index contributed by atoms with van der Waals surface area (Å²) in [6.45, 7) is 6.75. The Morgan fingerprint density at radius 2 is 2.16 bits per heavy atom. The van der Waals surface area contributed by atoms with Crippen LogP contribution in [0.15, 0.2) is 6.07 Å². The van der Waals surface area contributed by atoms with Gasteiger partial charge in [-0.1, -0.05) is 13.8 Å². The number of carbonyl (C=O) groups excluding carboxylic acids is 1. The number of amides is 1. The van der Waals surface area contributed by atoms with E-state index in [-0.39, 0.29) is 5.91 Å². The van der Waals surface area contributed by atoms with Crippen LogP contribution in [0.4, 0.5) is 10.7 Å². The van der Waals surface area contributed by atoms with Crippen molar-refractivity contribution in [2.45, 2.75) is 33.1 Å². The number of thiophene rings is 1. The molecule has 0 aliphatic carbocycles. The second kappa shape index (κ2) is 5.41. The summed E-state index contributed by atoms with van der Waals surface area (Å²) in [5, 5.41) is 3.76. The Morgan fingerprint density at radius 3 is 2.84 bits per heavy atom. The fourth-order valence-corrected chi connectivity index (χ4v) is 3.56. The number of nitrogen functional groups attached to an aromatic ring is 1. The maximum Gasteiger partial charge on any atom is 0.263 e. The lowest BCUT2D eigenvalue weighted by molar-refractivity contribution is 0.0968. The lowest BCUT2D eigenvalue weighted by Gasteiger charge is -2.23. The molecule has 0 bridgehead atoms. The summed E-state index contributed by atoms with van der Waals surface area (Å²) < 4.78 is 0. The van der Waals surface area contributed by atoms with Crippen LogP contribution in [0.1, 0.15) is 42.8 Å². The highest BCUT2D eigenvalue weighted by molar-refractivity contribution is 7.18. The van der Waals surface area contributed by atoms with E-state index in [0.29, 0.717) is 16.0 Å². The first kappa shape index (κ1) is 14.2. The van der Waals surface area contributed by atoms with Gasteiger partial charge in [-0.3, -0.25) is 4.79 Å². The molecule has 4 nitrogen and oxygen atoms in total. The summed E-state index contributed by atoms with van der Waals surface area (Å²) in [6.07, 6.45) is 3.63. The smallest absolute Gasteiger partial charge is 0.263 e. The molecule has 1 aliphatic rings. The van der Waals surface area contributed by atoms with Gasteiger partial charge in [-0.2, -0.15) is 0 Å². The molecule has 0 radical (unpaired) electrons. The molecule has 0 spiro atoms. The van der Waals surface area contributed by atoms with Crippen molar-refractivity contribution in [3.63, 3.8) is 0 Å². The molecule has 0 unspecified atom stereocenters. The molecule has 1 fully saturated rings. The molecule has 1 aliphatic heterocycles. The number of rotatable bonds is 2. The van der Waals surface area contributed by atoms with Gasteiger partial charge in [0.05, 0.1) is 10.7 Å². The van der Waals surface area contributed by atoms with Crippen molar-refractivity contribution in [3.8, 4) is 0 Å². The molecule has 2 heterocycles. The van der Waals surface area contributed by atoms with Crippen LogP contribution >= 0.6 is 11.3 Å². The van der Waals surface area contributed by atoms with Gasteiger partial charge < -0.3 is 16.0 Å². The molecule has 1 amide bonds. The van der Waals surface area contributed by atoms with Gasteiger partial charge in [0.1, 0.15) is 4.88 Å². The van der Waals surface area contributed by atoms with Crippen molar-refractivity contribution >= 4 is 27.9 Å². The third-order valence-corrected chi connectivity index (χ3v) is 5.04. The molecule has 3 N–H and O–H groups in total. The molecule has 0 aromatic carbocycles. The molecule has 1 aromatic rings. The Labute approximate surface area is 119 Å². The summed E-state index contributed by atoms with van der Waals surface area (Å²) >= 11 is 1.50. The van der Waals surface area contributed by atoms with Crippen molar-refractivity contribution in [2.75, 3.05) is 30.8 Å². The van der Waals surface area contributed by atoms with E-state index in [4.69, 9.17) is 5.73 Å². The topological polar surface area (TPSA) is 58.4 Å². The largest absolute Gasteiger partial charge is 0.397 e. The zero-order chi connectivity index (χ0) is 14.0. The van der Waals surface area contributed by atoms with Crippen molar-refractivity contribution in [1.29, 1.82) is 0 Å². The Kier molecular flexibility index (Phi) is 4.04. The zero-order valence-electron chi connectivity index (χ0n) is 12.0. The number of anilines is 2. The zero-order valence-corrected chi connectivity index (χ0v) is 12.8. The van der Waals surface area contributed by atoms with Crippen LogP contribution in [0.2, 0.25) is 0 Å². The minimum atomic E-state index is -0.0936. The van der Waals surface area contributed by atoms with E-state index in [1.54, 1.807) is 7.05 Å². The summed E-state index contributed by atoms with van der Waals surface area (Å²) in [4.78, 5) is 14.7. The van der Waals surface area contributed by atoms with Crippen LogP contribution in [-0.2, 0) is 0 Å². The van der Waals surface area contributed by atoms with Crippen LogP contribution in [0.25, 0.3) is 0 Å². The lowest BCUT2D eigenvalue weighted by Crippen LogP contribution is -2.24. The van der Waals surface area contributed by atoms with E-state index in [9.17, 15) is 4.79 Å². The van der Waals surface area contributed by atoms with Crippen LogP contribution in [0.3, 0.4) is 0 Å². The van der Waals surface area contributed by atoms with Crippen molar-refractivity contribution in [1.82, 2.24) is 5.32 Å². The Morgan fingerprint density at radius 1 is 1.42 bits per heavy atom. The van der Waals surface area contributed by atoms with Gasteiger partial charge in [-0.15, -0.1) is 11.3 Å². The minimum Gasteiger partial charge on any atom is -0.397 e. The van der Waals surface area contributed by atoms with Gasteiger partial charge in [0.25, 0.3) is 5.91 Å². The first-order valence-corrected chi connectivity index (χ1v) is 7.61. The number of nitrogens with zero attached hydrogens (tertiary/aromatic N) is 1. The molecule has 2 rings (SSSR count). The van der Waals surface area contributed by atoms with E-state index in [0.717, 1.165) is 18.1 Å². The predicted octanol–water partition coefficient (Wildman–Crippen LogP) is 2.71. The third kappa shape index (κ3) is 3.21. The van der Waals surface area contributed by atoms with Gasteiger partial charge in [0, 0.05) is 20.1 Å². The summed E-state index contributed by atoms with van der Waals surface area (Å²) in [5.41, 5.74) is 6.94. The van der Waals surface area contributed by atoms with Gasteiger partial charge in [-0.05, 0) is 30.7 Å². The average molecular weight is 281 g/mol. The van der Waals surface area contributed by atoms with Gasteiger partial charge in [0.15, 0.2) is 0 Å². The lowest BCUT2D eigenvalue weighted by atomic mass is 9.85. The summed E-state index contributed by atoms with van der Waals surface area (Å²) in [7, 11) is 1.63. The van der Waals surface area contributed by atoms with Crippen molar-refractivity contribution in [2.24, 2.45) is 5.41 Å². The molecule has 5 heteroatoms. The third-order valence-electron chi connectivity index (χ3n) is 3.83. The first-order valence-electron chi connectivity index (χ1n) is 6.79. The van der Waals surface area contributed by atoms with Gasteiger partial charge >= 0.3 is 0 Å². The van der Waals surface area contributed by atoms with Crippen molar-refractivity contribution < 1.29 is 4.79 Å². The maximum atomic E-state index is 11.7. The van der Waals surface area contributed by atoms with E-state index in [1.165, 1.54) is 30.6 Å². The molecule has 1 saturated heterocycles. The molecule has 106 valence electrons. The van der Waals surface area contributed by atoms with Gasteiger partial charge in [-0.25, -0.2) is 0 Å². The second-order valence-corrected chi connectivity index (χ2v) is 6.98. The van der Waals surface area contributed by atoms with Crippen LogP contribution in [0, 0.1) is 5.41 Å². The van der Waals surface area contributed by atoms with Crippen LogP contribution in [0.5, 0.6) is 0 Å². The molecule has 19 heavy (non-hydrogen) atoms. The number of nitrogens with two attached hydrogens (primary N) is 1. The Bertz CT molecular complexity index is 467. The average Bonchev–Trinajstić information content (AvgIpc) is 2.64. The quantitative estimate of drug-likeness (QED) is 0.876. The highest BCUT2D eigenvalue weighted by Crippen LogP contribution is 2.36. The second-order valence-electron chi connectivity index (χ2n) is 5.95. The van der Waals surface area contributed by atoms with Crippen LogP contribution in [-0.4, -0.2) is 26.0 Å². The van der Waals surface area contributed by atoms with E-state index >= 15 is 0 Å². The monoisotopic (exact) mass is 281 g/mol. The molecular weight excluding hydrogens is 258 g/mol. The Hall–Kier alpha value is -1.23. The summed E-state index contributed by atoms with van der Waals surface area (Å²) in [6, 6.07) is 1.94. The maximum absolute atomic E-state index is 11.7. The molecule has 0 saturated carbocycles. The summed E-state index contributed by atoms with van der Waals surface area (Å²) in [5.74, 6) is -0.0936. The highest BCUT2D eigenvalue weighted by atomic mass is 32.1. The number of carbonyl (C=O) groups is 1. The number of hydrogen-bond acceptors (Lipinski definition) is 4. The highest BCUT2D eigenvalue weighted by Gasteiger charge is 2.25. The standard InChI is InChI=1S/C14H23N3OS/c1-14(2)5-4-7-17(8-6-14)11-9-10(15)12(19-11)13(18)16-3/h9H,4-8,15H2,1-3H3,(H,16,18). The van der Waals surface area contributed by atoms with E-state index < -0.39 is 0 Å². The van der Waals surface area contributed by atoms with E-state index in [1.807, 2.05) is 6.07 Å².